The van der Waals surface area contributed by atoms with Crippen molar-refractivity contribution in [2.45, 2.75) is 19.3 Å². The monoisotopic (exact) mass is 375 g/mol. The standard InChI is InChI=1S/C18H16F3N5O/c19-18(20,21)14-3-1-2-12(6-14)9-26-10-16(24-11-26)25-17(27)13-4-5-15(7-22)23-8-13/h1-6,8,10-11H,7,9,22H2,(H,25,27). The first kappa shape index (κ1) is 18.6. The summed E-state index contributed by atoms with van der Waals surface area (Å²) in [6, 6.07) is 8.31. The van der Waals surface area contributed by atoms with Gasteiger partial charge in [-0.05, 0) is 29.8 Å². The normalized spacial score (nSPS) is 11.4. The molecule has 27 heavy (non-hydrogen) atoms. The molecule has 0 saturated carbocycles. The van der Waals surface area contributed by atoms with E-state index in [1.165, 1.54) is 18.6 Å². The van der Waals surface area contributed by atoms with Crippen LogP contribution in [0.25, 0.3) is 0 Å². The number of nitrogens with two attached hydrogens (primary N) is 1. The summed E-state index contributed by atoms with van der Waals surface area (Å²) in [6.45, 7) is 0.474. The van der Waals surface area contributed by atoms with E-state index in [-0.39, 0.29) is 18.9 Å². The second-order valence-electron chi connectivity index (χ2n) is 5.83. The van der Waals surface area contributed by atoms with Gasteiger partial charge in [0.15, 0.2) is 5.82 Å². The van der Waals surface area contributed by atoms with Gasteiger partial charge in [-0.25, -0.2) is 4.98 Å². The van der Waals surface area contributed by atoms with E-state index in [9.17, 15) is 18.0 Å². The predicted octanol–water partition coefficient (Wildman–Crippen LogP) is 3.06. The lowest BCUT2D eigenvalue weighted by Gasteiger charge is -2.09. The number of carbonyl (C=O) groups excluding carboxylic acids is 1. The van der Waals surface area contributed by atoms with Crippen LogP contribution in [0.3, 0.4) is 0 Å². The molecule has 0 radical (unpaired) electrons. The van der Waals surface area contributed by atoms with E-state index in [1.807, 2.05) is 0 Å². The lowest BCUT2D eigenvalue weighted by molar-refractivity contribution is -0.137. The van der Waals surface area contributed by atoms with Crippen molar-refractivity contribution in [3.8, 4) is 0 Å². The number of benzene rings is 1. The Kier molecular flexibility index (Phi) is 5.22. The lowest BCUT2D eigenvalue weighted by atomic mass is 10.1. The Hall–Kier alpha value is -3.20. The van der Waals surface area contributed by atoms with Gasteiger partial charge in [0.1, 0.15) is 0 Å². The molecule has 0 unspecified atom stereocenters. The summed E-state index contributed by atoms with van der Waals surface area (Å²) in [6.07, 6.45) is 0.000210. The minimum absolute atomic E-state index is 0.194. The number of anilines is 1. The van der Waals surface area contributed by atoms with E-state index in [1.54, 1.807) is 29.0 Å². The maximum absolute atomic E-state index is 12.8. The molecular formula is C18H16F3N5O. The number of nitrogens with zero attached hydrogens (tertiary/aromatic N) is 3. The second-order valence-corrected chi connectivity index (χ2v) is 5.83. The van der Waals surface area contributed by atoms with Gasteiger partial charge in [0.25, 0.3) is 5.91 Å². The van der Waals surface area contributed by atoms with E-state index in [0.717, 1.165) is 12.1 Å². The Morgan fingerprint density at radius 2 is 2.00 bits per heavy atom. The summed E-state index contributed by atoms with van der Waals surface area (Å²) in [4.78, 5) is 20.3. The van der Waals surface area contributed by atoms with Gasteiger partial charge < -0.3 is 15.6 Å². The molecule has 1 aromatic carbocycles. The highest BCUT2D eigenvalue weighted by Gasteiger charge is 2.30. The largest absolute Gasteiger partial charge is 0.416 e. The number of alkyl halides is 3. The zero-order chi connectivity index (χ0) is 19.4. The predicted molar refractivity (Wildman–Crippen MR) is 92.9 cm³/mol. The van der Waals surface area contributed by atoms with Crippen molar-refractivity contribution in [1.82, 2.24) is 14.5 Å². The zero-order valence-electron chi connectivity index (χ0n) is 14.1. The third-order valence-corrected chi connectivity index (χ3v) is 3.79. The first-order valence-corrected chi connectivity index (χ1v) is 7.99. The number of imidazole rings is 1. The summed E-state index contributed by atoms with van der Waals surface area (Å²) < 4.78 is 39.9. The molecule has 6 nitrogen and oxygen atoms in total. The molecule has 9 heteroatoms. The van der Waals surface area contributed by atoms with Gasteiger partial charge in [0, 0.05) is 25.5 Å². The van der Waals surface area contributed by atoms with Gasteiger partial charge in [0.05, 0.1) is 23.1 Å². The molecule has 2 heterocycles. The van der Waals surface area contributed by atoms with Gasteiger partial charge in [-0.15, -0.1) is 0 Å². The molecule has 0 spiro atoms. The lowest BCUT2D eigenvalue weighted by Crippen LogP contribution is -2.13. The topological polar surface area (TPSA) is 85.8 Å². The van der Waals surface area contributed by atoms with Gasteiger partial charge >= 0.3 is 6.18 Å². The molecule has 2 aromatic heterocycles. The summed E-state index contributed by atoms with van der Waals surface area (Å²) in [5, 5.41) is 2.62. The van der Waals surface area contributed by atoms with Crippen molar-refractivity contribution in [1.29, 1.82) is 0 Å². The van der Waals surface area contributed by atoms with Gasteiger partial charge in [-0.2, -0.15) is 13.2 Å². The van der Waals surface area contributed by atoms with Crippen molar-refractivity contribution in [3.05, 3.63) is 77.5 Å². The maximum Gasteiger partial charge on any atom is 0.416 e. The minimum atomic E-state index is -4.39. The summed E-state index contributed by atoms with van der Waals surface area (Å²) in [7, 11) is 0. The van der Waals surface area contributed by atoms with Crippen LogP contribution in [-0.2, 0) is 19.3 Å². The fraction of sp³-hybridized carbons (Fsp3) is 0.167. The average Bonchev–Trinajstić information content (AvgIpc) is 3.08. The third-order valence-electron chi connectivity index (χ3n) is 3.79. The Morgan fingerprint density at radius 3 is 2.67 bits per heavy atom. The molecule has 0 aliphatic rings. The van der Waals surface area contributed by atoms with Crippen molar-refractivity contribution in [2.75, 3.05) is 5.32 Å². The fourth-order valence-electron chi connectivity index (χ4n) is 2.44. The number of rotatable bonds is 5. The number of aromatic nitrogens is 3. The molecule has 3 rings (SSSR count). The average molecular weight is 375 g/mol. The molecule has 3 N–H and O–H groups in total. The first-order valence-electron chi connectivity index (χ1n) is 7.99. The van der Waals surface area contributed by atoms with Crippen molar-refractivity contribution in [3.63, 3.8) is 0 Å². The Morgan fingerprint density at radius 1 is 1.19 bits per heavy atom. The minimum Gasteiger partial charge on any atom is -0.331 e. The highest BCUT2D eigenvalue weighted by atomic mass is 19.4. The highest BCUT2D eigenvalue weighted by molar-refractivity contribution is 6.03. The fourth-order valence-corrected chi connectivity index (χ4v) is 2.44. The molecule has 0 fully saturated rings. The number of hydrogen-bond acceptors (Lipinski definition) is 4. The van der Waals surface area contributed by atoms with Crippen LogP contribution in [0.1, 0.15) is 27.2 Å². The van der Waals surface area contributed by atoms with E-state index >= 15 is 0 Å². The Balaban J connectivity index is 1.67. The first-order chi connectivity index (χ1) is 12.8. The van der Waals surface area contributed by atoms with E-state index < -0.39 is 17.6 Å². The molecule has 0 saturated heterocycles. The van der Waals surface area contributed by atoms with E-state index in [4.69, 9.17) is 5.73 Å². The van der Waals surface area contributed by atoms with Crippen LogP contribution < -0.4 is 11.1 Å². The molecule has 0 aliphatic carbocycles. The zero-order valence-corrected chi connectivity index (χ0v) is 14.1. The van der Waals surface area contributed by atoms with Crippen molar-refractivity contribution < 1.29 is 18.0 Å². The van der Waals surface area contributed by atoms with Crippen LogP contribution in [0.15, 0.2) is 55.1 Å². The smallest absolute Gasteiger partial charge is 0.331 e. The molecular weight excluding hydrogens is 359 g/mol. The van der Waals surface area contributed by atoms with Crippen LogP contribution in [0.2, 0.25) is 0 Å². The second kappa shape index (κ2) is 7.58. The number of halogens is 3. The molecule has 140 valence electrons. The van der Waals surface area contributed by atoms with Gasteiger partial charge in [0.2, 0.25) is 0 Å². The van der Waals surface area contributed by atoms with Crippen molar-refractivity contribution in [2.24, 2.45) is 5.73 Å². The summed E-state index contributed by atoms with van der Waals surface area (Å²) in [5.41, 5.74) is 6.24. The van der Waals surface area contributed by atoms with E-state index in [2.05, 4.69) is 15.3 Å². The number of nitrogens with one attached hydrogen (secondary N) is 1. The Labute approximate surface area is 152 Å². The number of carbonyl (C=O) groups is 1. The van der Waals surface area contributed by atoms with Crippen LogP contribution >= 0.6 is 0 Å². The molecule has 0 bridgehead atoms. The molecule has 1 amide bonds. The summed E-state index contributed by atoms with van der Waals surface area (Å²) >= 11 is 0. The number of hydrogen-bond donors (Lipinski definition) is 2. The van der Waals surface area contributed by atoms with Crippen molar-refractivity contribution >= 4 is 11.7 Å². The maximum atomic E-state index is 12.8. The molecule has 3 aromatic rings. The van der Waals surface area contributed by atoms with Gasteiger partial charge in [-0.1, -0.05) is 12.1 Å². The Bertz CT molecular complexity index is 935. The van der Waals surface area contributed by atoms with E-state index in [0.29, 0.717) is 16.8 Å². The molecule has 0 atom stereocenters. The SMILES string of the molecule is NCc1ccc(C(=O)Nc2cn(Cc3cccc(C(F)(F)F)c3)cn2)cn1. The molecule has 0 aliphatic heterocycles. The van der Waals surface area contributed by atoms with Crippen LogP contribution in [0.4, 0.5) is 19.0 Å². The summed E-state index contributed by atoms with van der Waals surface area (Å²) in [5.74, 6) is -0.106. The quantitative estimate of drug-likeness (QED) is 0.718. The van der Waals surface area contributed by atoms with Gasteiger partial charge in [-0.3, -0.25) is 9.78 Å². The third kappa shape index (κ3) is 4.70. The number of pyridine rings is 1. The highest BCUT2D eigenvalue weighted by Crippen LogP contribution is 2.29. The van der Waals surface area contributed by atoms with Crippen LogP contribution in [0, 0.1) is 0 Å². The number of amides is 1. The van der Waals surface area contributed by atoms with Crippen LogP contribution in [0.5, 0.6) is 0 Å². The van der Waals surface area contributed by atoms with Crippen LogP contribution in [-0.4, -0.2) is 20.4 Å².